The van der Waals surface area contributed by atoms with E-state index in [1.54, 1.807) is 0 Å². The minimum Gasteiger partial charge on any atom is -0.462 e. The highest BCUT2D eigenvalue weighted by Crippen LogP contribution is 2.29. The largest absolute Gasteiger partial charge is 0.462 e. The summed E-state index contributed by atoms with van der Waals surface area (Å²) in [5.41, 5.74) is -0.607. The van der Waals surface area contributed by atoms with Crippen LogP contribution in [0.4, 0.5) is 13.2 Å². The zero-order valence-electron chi connectivity index (χ0n) is 17.9. The summed E-state index contributed by atoms with van der Waals surface area (Å²) in [6, 6.07) is 4.14. The maximum absolute atomic E-state index is 12.5. The third-order valence-corrected chi connectivity index (χ3v) is 5.18. The fraction of sp³-hybridized carbons (Fsp3) is 0.708. The topological polar surface area (TPSA) is 26.3 Å². The molecule has 2 nitrogen and oxygen atoms in total. The summed E-state index contributed by atoms with van der Waals surface area (Å²) in [6.45, 7) is 2.56. The molecule has 0 radical (unpaired) electrons. The summed E-state index contributed by atoms with van der Waals surface area (Å²) in [5.74, 6) is -0.562. The molecule has 0 N–H and O–H groups in total. The highest BCUT2D eigenvalue weighted by atomic mass is 19.4. The average molecular weight is 415 g/mol. The molecule has 0 heterocycles. The van der Waals surface area contributed by atoms with Gasteiger partial charge in [0.2, 0.25) is 0 Å². The quantitative estimate of drug-likeness (QED) is 0.201. The first-order valence-electron chi connectivity index (χ1n) is 11.3. The Morgan fingerprint density at radius 1 is 0.724 bits per heavy atom. The molecule has 0 spiro atoms. The van der Waals surface area contributed by atoms with Crippen molar-refractivity contribution in [2.45, 2.75) is 103 Å². The zero-order chi connectivity index (χ0) is 21.4. The zero-order valence-corrected chi connectivity index (χ0v) is 17.9. The monoisotopic (exact) mass is 414 g/mol. The van der Waals surface area contributed by atoms with E-state index in [1.165, 1.54) is 70.6 Å². The minimum atomic E-state index is -4.39. The molecule has 0 saturated carbocycles. The van der Waals surface area contributed by atoms with E-state index in [2.05, 4.69) is 6.92 Å². The molecule has 1 aromatic rings. The van der Waals surface area contributed by atoms with Gasteiger partial charge in [0.25, 0.3) is 0 Å². The SMILES string of the molecule is CCCCCCCCCCCCCCCCOC(=O)c1ccc(C(F)(F)F)cc1. The Labute approximate surface area is 174 Å². The molecular formula is C24H37F3O2. The summed E-state index contributed by atoms with van der Waals surface area (Å²) in [5, 5.41) is 0. The van der Waals surface area contributed by atoms with Gasteiger partial charge in [0.15, 0.2) is 0 Å². The Bertz CT molecular complexity index is 538. The van der Waals surface area contributed by atoms with Crippen molar-refractivity contribution in [3.8, 4) is 0 Å². The summed E-state index contributed by atoms with van der Waals surface area (Å²) < 4.78 is 42.7. The van der Waals surface area contributed by atoms with Crippen LogP contribution in [0.15, 0.2) is 24.3 Å². The smallest absolute Gasteiger partial charge is 0.416 e. The van der Waals surface area contributed by atoms with Crippen LogP contribution in [-0.4, -0.2) is 12.6 Å². The van der Waals surface area contributed by atoms with Crippen molar-refractivity contribution in [1.29, 1.82) is 0 Å². The number of hydrogen-bond acceptors (Lipinski definition) is 2. The van der Waals surface area contributed by atoms with Gasteiger partial charge >= 0.3 is 12.1 Å². The molecule has 0 aliphatic rings. The number of carbonyl (C=O) groups excluding carboxylic acids is 1. The van der Waals surface area contributed by atoms with E-state index in [0.717, 1.165) is 43.5 Å². The Kier molecular flexibility index (Phi) is 13.5. The molecular weight excluding hydrogens is 377 g/mol. The van der Waals surface area contributed by atoms with E-state index < -0.39 is 17.7 Å². The lowest BCUT2D eigenvalue weighted by Gasteiger charge is -2.08. The third kappa shape index (κ3) is 12.6. The predicted octanol–water partition coefficient (Wildman–Crippen LogP) is 8.34. The number of esters is 1. The molecule has 5 heteroatoms. The summed E-state index contributed by atoms with van der Waals surface area (Å²) >= 11 is 0. The predicted molar refractivity (Wildman–Crippen MR) is 112 cm³/mol. The van der Waals surface area contributed by atoms with Crippen LogP contribution >= 0.6 is 0 Å². The van der Waals surface area contributed by atoms with Crippen LogP contribution in [-0.2, 0) is 10.9 Å². The van der Waals surface area contributed by atoms with Crippen LogP contribution in [0.1, 0.15) is 113 Å². The second kappa shape index (κ2) is 15.3. The fourth-order valence-corrected chi connectivity index (χ4v) is 3.34. The summed E-state index contributed by atoms with van der Waals surface area (Å²) in [6.07, 6.45) is 13.2. The number of rotatable bonds is 16. The van der Waals surface area contributed by atoms with Gasteiger partial charge in [-0.3, -0.25) is 0 Å². The van der Waals surface area contributed by atoms with Crippen LogP contribution in [0.5, 0.6) is 0 Å². The van der Waals surface area contributed by atoms with E-state index in [9.17, 15) is 18.0 Å². The Morgan fingerprint density at radius 2 is 1.14 bits per heavy atom. The number of ether oxygens (including phenoxy) is 1. The van der Waals surface area contributed by atoms with Crippen LogP contribution < -0.4 is 0 Å². The summed E-state index contributed by atoms with van der Waals surface area (Å²) in [7, 11) is 0. The van der Waals surface area contributed by atoms with Gasteiger partial charge in [-0.2, -0.15) is 13.2 Å². The molecule has 1 aromatic carbocycles. The second-order valence-electron chi connectivity index (χ2n) is 7.81. The Balaban J connectivity index is 1.93. The standard InChI is InChI=1S/C24H37F3O2/c1-2-3-4-5-6-7-8-9-10-11-12-13-14-15-20-29-23(28)21-16-18-22(19-17-21)24(25,26)27/h16-19H,2-15,20H2,1H3. The van der Waals surface area contributed by atoms with E-state index in [-0.39, 0.29) is 5.56 Å². The van der Waals surface area contributed by atoms with Crippen molar-refractivity contribution in [3.05, 3.63) is 35.4 Å². The fourth-order valence-electron chi connectivity index (χ4n) is 3.34. The van der Waals surface area contributed by atoms with Gasteiger partial charge in [-0.1, -0.05) is 90.4 Å². The highest BCUT2D eigenvalue weighted by Gasteiger charge is 2.30. The second-order valence-corrected chi connectivity index (χ2v) is 7.81. The van der Waals surface area contributed by atoms with E-state index in [1.807, 2.05) is 0 Å². The van der Waals surface area contributed by atoms with Crippen molar-refractivity contribution in [1.82, 2.24) is 0 Å². The molecule has 0 atom stereocenters. The molecule has 0 aromatic heterocycles. The van der Waals surface area contributed by atoms with Crippen LogP contribution in [0.3, 0.4) is 0 Å². The van der Waals surface area contributed by atoms with Gasteiger partial charge in [0.1, 0.15) is 0 Å². The first-order valence-corrected chi connectivity index (χ1v) is 11.3. The lowest BCUT2D eigenvalue weighted by molar-refractivity contribution is -0.137. The first kappa shape index (κ1) is 25.5. The van der Waals surface area contributed by atoms with Crippen molar-refractivity contribution >= 4 is 5.97 Å². The normalized spacial score (nSPS) is 11.6. The lowest BCUT2D eigenvalue weighted by Crippen LogP contribution is -2.08. The molecule has 0 amide bonds. The van der Waals surface area contributed by atoms with Crippen molar-refractivity contribution in [2.75, 3.05) is 6.61 Å². The molecule has 0 aliphatic carbocycles. The van der Waals surface area contributed by atoms with Crippen LogP contribution in [0, 0.1) is 0 Å². The van der Waals surface area contributed by atoms with Crippen molar-refractivity contribution < 1.29 is 22.7 Å². The van der Waals surface area contributed by atoms with E-state index >= 15 is 0 Å². The number of hydrogen-bond donors (Lipinski definition) is 0. The molecule has 0 bridgehead atoms. The highest BCUT2D eigenvalue weighted by molar-refractivity contribution is 5.89. The summed E-state index contributed by atoms with van der Waals surface area (Å²) in [4.78, 5) is 11.8. The van der Waals surface area contributed by atoms with Crippen molar-refractivity contribution in [3.63, 3.8) is 0 Å². The van der Waals surface area contributed by atoms with Gasteiger partial charge in [-0.25, -0.2) is 4.79 Å². The van der Waals surface area contributed by atoms with Gasteiger partial charge in [0.05, 0.1) is 17.7 Å². The molecule has 166 valence electrons. The number of alkyl halides is 3. The Morgan fingerprint density at radius 3 is 1.55 bits per heavy atom. The molecule has 0 saturated heterocycles. The number of benzene rings is 1. The maximum atomic E-state index is 12.5. The first-order chi connectivity index (χ1) is 13.9. The third-order valence-electron chi connectivity index (χ3n) is 5.18. The maximum Gasteiger partial charge on any atom is 0.416 e. The van der Waals surface area contributed by atoms with Gasteiger partial charge in [-0.05, 0) is 30.7 Å². The number of unbranched alkanes of at least 4 members (excludes halogenated alkanes) is 13. The molecule has 29 heavy (non-hydrogen) atoms. The van der Waals surface area contributed by atoms with Gasteiger partial charge in [-0.15, -0.1) is 0 Å². The van der Waals surface area contributed by atoms with Gasteiger partial charge in [0, 0.05) is 0 Å². The molecule has 1 rings (SSSR count). The molecule has 0 unspecified atom stereocenters. The molecule has 0 aliphatic heterocycles. The lowest BCUT2D eigenvalue weighted by atomic mass is 10.0. The molecule has 0 fully saturated rings. The van der Waals surface area contributed by atoms with E-state index in [0.29, 0.717) is 6.61 Å². The van der Waals surface area contributed by atoms with Gasteiger partial charge < -0.3 is 4.74 Å². The van der Waals surface area contributed by atoms with Crippen molar-refractivity contribution in [2.24, 2.45) is 0 Å². The van der Waals surface area contributed by atoms with E-state index in [4.69, 9.17) is 4.74 Å². The number of halogens is 3. The van der Waals surface area contributed by atoms with Crippen LogP contribution in [0.2, 0.25) is 0 Å². The Hall–Kier alpha value is -1.52. The minimum absolute atomic E-state index is 0.156. The number of carbonyl (C=O) groups is 1. The van der Waals surface area contributed by atoms with Crippen LogP contribution in [0.25, 0.3) is 0 Å². The average Bonchev–Trinajstić information content (AvgIpc) is 2.70.